The number of carbonyl (C=O) groups excluding carboxylic acids is 1. The molecule has 0 spiro atoms. The molecule has 2 nitrogen and oxygen atoms in total. The fourth-order valence-corrected chi connectivity index (χ4v) is 1.84. The van der Waals surface area contributed by atoms with Gasteiger partial charge in [0.2, 0.25) is 5.91 Å². The smallest absolute Gasteiger partial charge is 0.223 e. The average Bonchev–Trinajstić information content (AvgIpc) is 2.98. The van der Waals surface area contributed by atoms with Gasteiger partial charge in [-0.1, -0.05) is 25.1 Å². The van der Waals surface area contributed by atoms with Crippen LogP contribution in [0.2, 0.25) is 0 Å². The van der Waals surface area contributed by atoms with E-state index in [4.69, 9.17) is 0 Å². The summed E-state index contributed by atoms with van der Waals surface area (Å²) in [4.78, 5) is 11.5. The lowest BCUT2D eigenvalue weighted by Crippen LogP contribution is -2.27. The standard InChI is InChI=1S/C13H16FNO/c1-9-8-11(9)13(16)15-7-6-10-4-2-3-5-12(10)14/h2-5,9,11H,6-8H2,1H3,(H,15,16)/t9-,11-/m0/s1. The van der Waals surface area contributed by atoms with E-state index in [1.54, 1.807) is 12.1 Å². The van der Waals surface area contributed by atoms with Gasteiger partial charge in [0.25, 0.3) is 0 Å². The van der Waals surface area contributed by atoms with Gasteiger partial charge in [0.05, 0.1) is 0 Å². The van der Waals surface area contributed by atoms with E-state index in [2.05, 4.69) is 12.2 Å². The van der Waals surface area contributed by atoms with Crippen LogP contribution in [0.1, 0.15) is 18.9 Å². The number of halogens is 1. The molecule has 0 bridgehead atoms. The van der Waals surface area contributed by atoms with Gasteiger partial charge in [0, 0.05) is 12.5 Å². The second-order valence-electron chi connectivity index (χ2n) is 4.45. The van der Waals surface area contributed by atoms with Crippen LogP contribution in [-0.2, 0) is 11.2 Å². The number of rotatable bonds is 4. The molecule has 0 aromatic heterocycles. The maximum atomic E-state index is 13.2. The Kier molecular flexibility index (Phi) is 3.22. The first-order chi connectivity index (χ1) is 7.68. The van der Waals surface area contributed by atoms with Crippen molar-refractivity contribution in [1.29, 1.82) is 0 Å². The van der Waals surface area contributed by atoms with E-state index in [9.17, 15) is 9.18 Å². The van der Waals surface area contributed by atoms with Gasteiger partial charge >= 0.3 is 0 Å². The van der Waals surface area contributed by atoms with Gasteiger partial charge in [-0.15, -0.1) is 0 Å². The molecule has 1 aromatic rings. The molecule has 3 heteroatoms. The molecule has 2 atom stereocenters. The molecular weight excluding hydrogens is 205 g/mol. The summed E-state index contributed by atoms with van der Waals surface area (Å²) in [5, 5.41) is 2.85. The molecule has 1 aliphatic rings. The maximum absolute atomic E-state index is 13.2. The topological polar surface area (TPSA) is 29.1 Å². The zero-order valence-corrected chi connectivity index (χ0v) is 9.37. The highest BCUT2D eigenvalue weighted by Crippen LogP contribution is 2.37. The molecule has 2 rings (SSSR count). The largest absolute Gasteiger partial charge is 0.356 e. The fraction of sp³-hybridized carbons (Fsp3) is 0.462. The SMILES string of the molecule is C[C@H]1C[C@@H]1C(=O)NCCc1ccccc1F. The molecule has 1 N–H and O–H groups in total. The van der Waals surface area contributed by atoms with Crippen LogP contribution in [0.3, 0.4) is 0 Å². The monoisotopic (exact) mass is 221 g/mol. The van der Waals surface area contributed by atoms with E-state index in [0.29, 0.717) is 24.4 Å². The van der Waals surface area contributed by atoms with Crippen molar-refractivity contribution in [3.05, 3.63) is 35.6 Å². The van der Waals surface area contributed by atoms with E-state index in [1.807, 2.05) is 6.07 Å². The summed E-state index contributed by atoms with van der Waals surface area (Å²) < 4.78 is 13.2. The Bertz CT molecular complexity index is 391. The van der Waals surface area contributed by atoms with Gasteiger partial charge in [0.1, 0.15) is 5.82 Å². The van der Waals surface area contributed by atoms with Crippen LogP contribution in [0.25, 0.3) is 0 Å². The molecule has 1 saturated carbocycles. The van der Waals surface area contributed by atoms with Gasteiger partial charge in [-0.25, -0.2) is 4.39 Å². The number of nitrogens with one attached hydrogen (secondary N) is 1. The van der Waals surface area contributed by atoms with Crippen molar-refractivity contribution >= 4 is 5.91 Å². The van der Waals surface area contributed by atoms with Crippen molar-refractivity contribution in [2.45, 2.75) is 19.8 Å². The quantitative estimate of drug-likeness (QED) is 0.829. The lowest BCUT2D eigenvalue weighted by atomic mass is 10.1. The predicted octanol–water partition coefficient (Wildman–Crippen LogP) is 2.14. The normalized spacial score (nSPS) is 22.9. The number of benzene rings is 1. The van der Waals surface area contributed by atoms with E-state index >= 15 is 0 Å². The lowest BCUT2D eigenvalue weighted by Gasteiger charge is -2.05. The van der Waals surface area contributed by atoms with E-state index in [-0.39, 0.29) is 17.6 Å². The van der Waals surface area contributed by atoms with Crippen molar-refractivity contribution < 1.29 is 9.18 Å². The fourth-order valence-electron chi connectivity index (χ4n) is 1.84. The molecule has 0 unspecified atom stereocenters. The van der Waals surface area contributed by atoms with Crippen molar-refractivity contribution in [3.8, 4) is 0 Å². The molecule has 1 aromatic carbocycles. The Labute approximate surface area is 94.9 Å². The Balaban J connectivity index is 1.76. The Morgan fingerprint density at radius 1 is 1.50 bits per heavy atom. The van der Waals surface area contributed by atoms with Gasteiger partial charge < -0.3 is 5.32 Å². The van der Waals surface area contributed by atoms with Crippen LogP contribution in [0.15, 0.2) is 24.3 Å². The van der Waals surface area contributed by atoms with E-state index in [0.717, 1.165) is 6.42 Å². The molecule has 0 aliphatic heterocycles. The molecule has 16 heavy (non-hydrogen) atoms. The summed E-state index contributed by atoms with van der Waals surface area (Å²) in [6, 6.07) is 6.67. The summed E-state index contributed by atoms with van der Waals surface area (Å²) >= 11 is 0. The minimum atomic E-state index is -0.198. The molecule has 86 valence electrons. The molecule has 0 radical (unpaired) electrons. The molecule has 1 aliphatic carbocycles. The lowest BCUT2D eigenvalue weighted by molar-refractivity contribution is -0.122. The third kappa shape index (κ3) is 2.60. The van der Waals surface area contributed by atoms with Crippen LogP contribution >= 0.6 is 0 Å². The van der Waals surface area contributed by atoms with Gasteiger partial charge in [-0.05, 0) is 30.4 Å². The Morgan fingerprint density at radius 3 is 2.81 bits per heavy atom. The van der Waals surface area contributed by atoms with Gasteiger partial charge in [-0.3, -0.25) is 4.79 Å². The van der Waals surface area contributed by atoms with Gasteiger partial charge in [-0.2, -0.15) is 0 Å². The number of hydrogen-bond donors (Lipinski definition) is 1. The summed E-state index contributed by atoms with van der Waals surface area (Å²) in [6.07, 6.45) is 1.55. The number of carbonyl (C=O) groups is 1. The van der Waals surface area contributed by atoms with Crippen LogP contribution in [0, 0.1) is 17.7 Å². The third-order valence-electron chi connectivity index (χ3n) is 3.10. The Morgan fingerprint density at radius 2 is 2.19 bits per heavy atom. The minimum Gasteiger partial charge on any atom is -0.356 e. The second kappa shape index (κ2) is 4.64. The van der Waals surface area contributed by atoms with E-state index < -0.39 is 0 Å². The molecule has 1 fully saturated rings. The highest BCUT2D eigenvalue weighted by atomic mass is 19.1. The van der Waals surface area contributed by atoms with E-state index in [1.165, 1.54) is 6.07 Å². The van der Waals surface area contributed by atoms with Crippen molar-refractivity contribution in [2.24, 2.45) is 11.8 Å². The van der Waals surface area contributed by atoms with Crippen LogP contribution in [0.4, 0.5) is 4.39 Å². The number of hydrogen-bond acceptors (Lipinski definition) is 1. The molecule has 0 heterocycles. The first-order valence-electron chi connectivity index (χ1n) is 5.69. The minimum absolute atomic E-state index is 0.115. The predicted molar refractivity (Wildman–Crippen MR) is 60.4 cm³/mol. The van der Waals surface area contributed by atoms with Crippen molar-refractivity contribution in [3.63, 3.8) is 0 Å². The first-order valence-corrected chi connectivity index (χ1v) is 5.69. The molecule has 0 saturated heterocycles. The zero-order chi connectivity index (χ0) is 11.5. The highest BCUT2D eigenvalue weighted by Gasteiger charge is 2.38. The zero-order valence-electron chi connectivity index (χ0n) is 9.37. The summed E-state index contributed by atoms with van der Waals surface area (Å²) in [5.41, 5.74) is 0.659. The second-order valence-corrected chi connectivity index (χ2v) is 4.45. The summed E-state index contributed by atoms with van der Waals surface area (Å²) in [7, 11) is 0. The van der Waals surface area contributed by atoms with Crippen LogP contribution < -0.4 is 5.32 Å². The third-order valence-corrected chi connectivity index (χ3v) is 3.10. The summed E-state index contributed by atoms with van der Waals surface area (Å²) in [6.45, 7) is 2.59. The van der Waals surface area contributed by atoms with Crippen LogP contribution in [-0.4, -0.2) is 12.5 Å². The van der Waals surface area contributed by atoms with Crippen LogP contribution in [0.5, 0.6) is 0 Å². The average molecular weight is 221 g/mol. The molecular formula is C13H16FNO. The van der Waals surface area contributed by atoms with Gasteiger partial charge in [0.15, 0.2) is 0 Å². The first kappa shape index (κ1) is 11.1. The summed E-state index contributed by atoms with van der Waals surface area (Å²) in [5.74, 6) is 0.634. The van der Waals surface area contributed by atoms with Crippen molar-refractivity contribution in [2.75, 3.05) is 6.54 Å². The maximum Gasteiger partial charge on any atom is 0.223 e. The molecule has 1 amide bonds. The van der Waals surface area contributed by atoms with Crippen molar-refractivity contribution in [1.82, 2.24) is 5.32 Å². The highest BCUT2D eigenvalue weighted by molar-refractivity contribution is 5.81. The number of amides is 1. The Hall–Kier alpha value is -1.38.